The molecule has 2 N–H and O–H groups in total. The Balaban J connectivity index is 0.00000625. The van der Waals surface area contributed by atoms with Crippen LogP contribution in [0.3, 0.4) is 0 Å². The normalized spacial score (nSPS) is 12.1. The van der Waals surface area contributed by atoms with E-state index in [0.29, 0.717) is 6.04 Å². The summed E-state index contributed by atoms with van der Waals surface area (Å²) in [6.07, 6.45) is 5.77. The summed E-state index contributed by atoms with van der Waals surface area (Å²) in [6, 6.07) is 8.23. The topological polar surface area (TPSA) is 56.7 Å². The molecule has 5 nitrogen and oxygen atoms in total. The average molecular weight is 474 g/mol. The van der Waals surface area contributed by atoms with Gasteiger partial charge in [0.15, 0.2) is 5.96 Å². The molecule has 1 amide bonds. The molecule has 1 atom stereocenters. The number of benzene rings is 1. The Morgan fingerprint density at radius 3 is 2.62 bits per heavy atom. The minimum Gasteiger partial charge on any atom is -0.356 e. The van der Waals surface area contributed by atoms with Crippen molar-refractivity contribution in [1.82, 2.24) is 15.5 Å². The fourth-order valence-corrected chi connectivity index (χ4v) is 2.64. The molecule has 0 radical (unpaired) electrons. The largest absolute Gasteiger partial charge is 0.356 e. The molecule has 1 aromatic rings. The molecule has 0 fully saturated rings. The van der Waals surface area contributed by atoms with Crippen LogP contribution in [0.4, 0.5) is 0 Å². The molecule has 6 heteroatoms. The molecular formula is C20H35IN4O. The van der Waals surface area contributed by atoms with Crippen molar-refractivity contribution in [2.45, 2.75) is 52.0 Å². The molecule has 148 valence electrons. The lowest BCUT2D eigenvalue weighted by atomic mass is 10.1. The maximum absolute atomic E-state index is 12.0. The highest BCUT2D eigenvalue weighted by molar-refractivity contribution is 14.0. The highest BCUT2D eigenvalue weighted by Gasteiger charge is 2.08. The number of rotatable bonds is 9. The molecule has 0 aliphatic carbocycles. The van der Waals surface area contributed by atoms with Gasteiger partial charge in [0.05, 0.1) is 0 Å². The first-order chi connectivity index (χ1) is 12.0. The van der Waals surface area contributed by atoms with Crippen LogP contribution in [0.1, 0.15) is 55.5 Å². The van der Waals surface area contributed by atoms with E-state index in [9.17, 15) is 4.79 Å². The van der Waals surface area contributed by atoms with Gasteiger partial charge >= 0.3 is 0 Å². The lowest BCUT2D eigenvalue weighted by Crippen LogP contribution is -2.42. The molecule has 0 aliphatic heterocycles. The number of carbonyl (C=O) groups is 1. The van der Waals surface area contributed by atoms with Crippen molar-refractivity contribution in [2.75, 3.05) is 27.7 Å². The first-order valence-electron chi connectivity index (χ1n) is 9.25. The van der Waals surface area contributed by atoms with Crippen LogP contribution in [0, 0.1) is 0 Å². The second-order valence-corrected chi connectivity index (χ2v) is 6.69. The first kappa shape index (κ1) is 24.7. The van der Waals surface area contributed by atoms with E-state index in [2.05, 4.69) is 35.5 Å². The monoisotopic (exact) mass is 474 g/mol. The van der Waals surface area contributed by atoms with Crippen LogP contribution in [0.15, 0.2) is 29.3 Å². The van der Waals surface area contributed by atoms with Crippen LogP contribution >= 0.6 is 24.0 Å². The summed E-state index contributed by atoms with van der Waals surface area (Å²) in [7, 11) is 5.34. The first-order valence-corrected chi connectivity index (χ1v) is 9.25. The van der Waals surface area contributed by atoms with Crippen molar-refractivity contribution in [2.24, 2.45) is 4.99 Å². The second kappa shape index (κ2) is 13.8. The predicted molar refractivity (Wildman–Crippen MR) is 122 cm³/mol. The van der Waals surface area contributed by atoms with Gasteiger partial charge in [0.2, 0.25) is 0 Å². The standard InChI is InChI=1S/C20H34N4O.HI/c1-6-7-8-10-16(2)23-20(21-3)22-14-13-17-11-9-12-18(15-17)19(25)24(4)5;/h9,11-12,15-16H,6-8,10,13-14H2,1-5H3,(H2,21,22,23);1H. The van der Waals surface area contributed by atoms with E-state index < -0.39 is 0 Å². The average Bonchev–Trinajstić information content (AvgIpc) is 2.60. The Morgan fingerprint density at radius 2 is 2.00 bits per heavy atom. The Hall–Kier alpha value is -1.31. The minimum atomic E-state index is 0. The smallest absolute Gasteiger partial charge is 0.253 e. The third-order valence-corrected chi connectivity index (χ3v) is 4.13. The zero-order valence-electron chi connectivity index (χ0n) is 16.8. The van der Waals surface area contributed by atoms with Crippen molar-refractivity contribution in [3.8, 4) is 0 Å². The highest BCUT2D eigenvalue weighted by atomic mass is 127. The van der Waals surface area contributed by atoms with Crippen molar-refractivity contribution in [3.05, 3.63) is 35.4 Å². The quantitative estimate of drug-likeness (QED) is 0.249. The Kier molecular flexibility index (Phi) is 13.1. The van der Waals surface area contributed by atoms with Crippen molar-refractivity contribution in [3.63, 3.8) is 0 Å². The molecule has 0 aliphatic rings. The summed E-state index contributed by atoms with van der Waals surface area (Å²) in [5.74, 6) is 0.873. The van der Waals surface area contributed by atoms with Gasteiger partial charge < -0.3 is 15.5 Å². The fraction of sp³-hybridized carbons (Fsp3) is 0.600. The number of hydrogen-bond donors (Lipinski definition) is 2. The Labute approximate surface area is 176 Å². The maximum atomic E-state index is 12.0. The third kappa shape index (κ3) is 9.40. The van der Waals surface area contributed by atoms with Crippen molar-refractivity contribution >= 4 is 35.8 Å². The molecule has 0 saturated heterocycles. The van der Waals surface area contributed by atoms with Gasteiger partial charge in [0, 0.05) is 39.3 Å². The molecule has 0 bridgehead atoms. The third-order valence-electron chi connectivity index (χ3n) is 4.13. The summed E-state index contributed by atoms with van der Waals surface area (Å²) >= 11 is 0. The van der Waals surface area contributed by atoms with Gasteiger partial charge in [0.25, 0.3) is 5.91 Å². The summed E-state index contributed by atoms with van der Waals surface area (Å²) in [4.78, 5) is 17.9. The zero-order chi connectivity index (χ0) is 18.7. The number of amides is 1. The number of nitrogens with zero attached hydrogens (tertiary/aromatic N) is 2. The van der Waals surface area contributed by atoms with E-state index in [1.54, 1.807) is 26.0 Å². The van der Waals surface area contributed by atoms with E-state index in [-0.39, 0.29) is 29.9 Å². The number of guanidine groups is 1. The Morgan fingerprint density at radius 1 is 1.27 bits per heavy atom. The highest BCUT2D eigenvalue weighted by Crippen LogP contribution is 2.08. The number of halogens is 1. The SMILES string of the molecule is CCCCCC(C)NC(=NC)NCCc1cccc(C(=O)N(C)C)c1.I. The molecular weight excluding hydrogens is 439 g/mol. The van der Waals surface area contributed by atoms with Crippen LogP contribution in [0.2, 0.25) is 0 Å². The number of unbranched alkanes of at least 4 members (excludes halogenated alkanes) is 2. The van der Waals surface area contributed by atoms with Crippen LogP contribution in [0.5, 0.6) is 0 Å². The van der Waals surface area contributed by atoms with Gasteiger partial charge in [0.1, 0.15) is 0 Å². The molecule has 1 unspecified atom stereocenters. The predicted octanol–water partition coefficient (Wildman–Crippen LogP) is 3.68. The van der Waals surface area contributed by atoms with Crippen LogP contribution < -0.4 is 10.6 Å². The Bertz CT molecular complexity index is 560. The van der Waals surface area contributed by atoms with Gasteiger partial charge in [-0.2, -0.15) is 0 Å². The number of nitrogens with one attached hydrogen (secondary N) is 2. The number of hydrogen-bond acceptors (Lipinski definition) is 2. The fourth-order valence-electron chi connectivity index (χ4n) is 2.64. The van der Waals surface area contributed by atoms with Crippen LogP contribution in [0.25, 0.3) is 0 Å². The van der Waals surface area contributed by atoms with Crippen molar-refractivity contribution < 1.29 is 4.79 Å². The van der Waals surface area contributed by atoms with Gasteiger partial charge in [-0.25, -0.2) is 0 Å². The summed E-state index contributed by atoms with van der Waals surface area (Å²) in [5, 5.41) is 6.79. The summed E-state index contributed by atoms with van der Waals surface area (Å²) in [5.41, 5.74) is 1.88. The summed E-state index contributed by atoms with van der Waals surface area (Å²) < 4.78 is 0. The second-order valence-electron chi connectivity index (χ2n) is 6.69. The lowest BCUT2D eigenvalue weighted by molar-refractivity contribution is 0.0827. The van der Waals surface area contributed by atoms with Crippen LogP contribution in [-0.2, 0) is 6.42 Å². The molecule has 0 aromatic heterocycles. The number of carbonyl (C=O) groups excluding carboxylic acids is 1. The van der Waals surface area contributed by atoms with Gasteiger partial charge in [-0.05, 0) is 37.5 Å². The minimum absolute atomic E-state index is 0. The van der Waals surface area contributed by atoms with Crippen LogP contribution in [-0.4, -0.2) is 50.5 Å². The maximum Gasteiger partial charge on any atom is 0.253 e. The molecule has 0 heterocycles. The molecule has 1 rings (SSSR count). The molecule has 0 spiro atoms. The van der Waals surface area contributed by atoms with E-state index in [4.69, 9.17) is 0 Å². The van der Waals surface area contributed by atoms with Gasteiger partial charge in [-0.15, -0.1) is 24.0 Å². The van der Waals surface area contributed by atoms with E-state index >= 15 is 0 Å². The van der Waals surface area contributed by atoms with E-state index in [1.807, 2.05) is 18.2 Å². The van der Waals surface area contributed by atoms with E-state index in [1.165, 1.54) is 19.3 Å². The summed E-state index contributed by atoms with van der Waals surface area (Å²) in [6.45, 7) is 5.19. The van der Waals surface area contributed by atoms with Gasteiger partial charge in [-0.1, -0.05) is 38.3 Å². The van der Waals surface area contributed by atoms with Gasteiger partial charge in [-0.3, -0.25) is 9.79 Å². The molecule has 26 heavy (non-hydrogen) atoms. The zero-order valence-corrected chi connectivity index (χ0v) is 19.2. The number of aliphatic imine (C=N–C) groups is 1. The van der Waals surface area contributed by atoms with Crippen molar-refractivity contribution in [1.29, 1.82) is 0 Å². The van der Waals surface area contributed by atoms with E-state index in [0.717, 1.165) is 36.5 Å². The lowest BCUT2D eigenvalue weighted by Gasteiger charge is -2.18. The molecule has 0 saturated carbocycles. The molecule has 1 aromatic carbocycles.